The summed E-state index contributed by atoms with van der Waals surface area (Å²) in [5.41, 5.74) is -1.53. The molecule has 5 N–H and O–H groups in total. The quantitative estimate of drug-likeness (QED) is 0.0909. The average molecular weight is 547 g/mol. The molecule has 0 aliphatic carbocycles. The van der Waals surface area contributed by atoms with Crippen LogP contribution in [0.15, 0.2) is 11.6 Å². The van der Waals surface area contributed by atoms with Crippen molar-refractivity contribution in [2.45, 2.75) is 92.4 Å². The van der Waals surface area contributed by atoms with E-state index in [1.165, 1.54) is 44.6 Å². The van der Waals surface area contributed by atoms with Crippen molar-refractivity contribution < 1.29 is 39.8 Å². The minimum Gasteiger partial charge on any atom is -0.462 e. The van der Waals surface area contributed by atoms with Gasteiger partial charge in [-0.05, 0) is 37.5 Å². The molecule has 0 heterocycles. The van der Waals surface area contributed by atoms with Crippen LogP contribution in [-0.4, -0.2) is 84.4 Å². The van der Waals surface area contributed by atoms with Gasteiger partial charge in [0.15, 0.2) is 0 Å². The fraction of sp³-hybridized carbons (Fsp3) is 0.900. The Bertz CT molecular complexity index is 617. The van der Waals surface area contributed by atoms with E-state index in [1.54, 1.807) is 0 Å². The number of rotatable bonds is 24. The summed E-state index contributed by atoms with van der Waals surface area (Å²) in [7, 11) is 0. The maximum atomic E-state index is 12.3. The molecule has 0 spiro atoms. The second kappa shape index (κ2) is 20.8. The van der Waals surface area contributed by atoms with E-state index in [9.17, 15) is 30.3 Å². The predicted octanol–water partition coefficient (Wildman–Crippen LogP) is 3.87. The number of hydrogen-bond donors (Lipinski definition) is 5. The molecule has 8 heteroatoms. The smallest absolute Gasteiger partial charge is 0.330 e. The van der Waals surface area contributed by atoms with Crippen molar-refractivity contribution in [1.29, 1.82) is 0 Å². The van der Waals surface area contributed by atoms with Gasteiger partial charge in [-0.3, -0.25) is 0 Å². The highest BCUT2D eigenvalue weighted by Gasteiger charge is 2.34. The van der Waals surface area contributed by atoms with E-state index in [4.69, 9.17) is 9.47 Å². The van der Waals surface area contributed by atoms with Crippen molar-refractivity contribution in [2.24, 2.45) is 28.6 Å². The van der Waals surface area contributed by atoms with Gasteiger partial charge in [0.1, 0.15) is 6.61 Å². The van der Waals surface area contributed by atoms with Crippen molar-refractivity contribution in [3.05, 3.63) is 11.6 Å². The number of ether oxygens (including phenoxy) is 2. The van der Waals surface area contributed by atoms with E-state index in [2.05, 4.69) is 27.7 Å². The third-order valence-corrected chi connectivity index (χ3v) is 7.52. The van der Waals surface area contributed by atoms with Gasteiger partial charge in [0, 0.05) is 6.08 Å². The van der Waals surface area contributed by atoms with Gasteiger partial charge in [0.2, 0.25) is 0 Å². The molecule has 0 aliphatic heterocycles. The van der Waals surface area contributed by atoms with E-state index in [1.807, 2.05) is 6.92 Å². The topological polar surface area (TPSA) is 137 Å². The summed E-state index contributed by atoms with van der Waals surface area (Å²) in [5, 5.41) is 47.8. The molecule has 0 saturated carbocycles. The normalized spacial score (nSPS) is 14.7. The van der Waals surface area contributed by atoms with E-state index < -0.39 is 49.8 Å². The van der Waals surface area contributed by atoms with E-state index in [-0.39, 0.29) is 19.8 Å². The largest absolute Gasteiger partial charge is 0.462 e. The Kier molecular flexibility index (Phi) is 20.3. The highest BCUT2D eigenvalue weighted by atomic mass is 16.5. The van der Waals surface area contributed by atoms with E-state index in [0.717, 1.165) is 36.7 Å². The number of hydrogen-bond acceptors (Lipinski definition) is 8. The van der Waals surface area contributed by atoms with Crippen LogP contribution in [0.4, 0.5) is 0 Å². The Balaban J connectivity index is 4.38. The van der Waals surface area contributed by atoms with Crippen molar-refractivity contribution in [2.75, 3.05) is 52.9 Å². The van der Waals surface area contributed by atoms with Gasteiger partial charge >= 0.3 is 5.97 Å². The molecular weight excluding hydrogens is 488 g/mol. The van der Waals surface area contributed by atoms with Crippen LogP contribution in [0.25, 0.3) is 0 Å². The summed E-state index contributed by atoms with van der Waals surface area (Å²) in [6.07, 6.45) is 12.2. The van der Waals surface area contributed by atoms with E-state index in [0.29, 0.717) is 5.92 Å². The Hall–Kier alpha value is -1.03. The maximum Gasteiger partial charge on any atom is 0.330 e. The van der Waals surface area contributed by atoms with Crippen molar-refractivity contribution in [3.63, 3.8) is 0 Å². The summed E-state index contributed by atoms with van der Waals surface area (Å²) < 4.78 is 10.8. The summed E-state index contributed by atoms with van der Waals surface area (Å²) in [5.74, 6) is 1.72. The summed E-state index contributed by atoms with van der Waals surface area (Å²) in [4.78, 5) is 12.3. The molecule has 0 aromatic heterocycles. The number of aliphatic hydroxyl groups is 5. The second-order valence-electron chi connectivity index (χ2n) is 12.2. The molecule has 0 fully saturated rings. The summed E-state index contributed by atoms with van der Waals surface area (Å²) >= 11 is 0. The molecule has 0 aliphatic rings. The molecule has 226 valence electrons. The fourth-order valence-corrected chi connectivity index (χ4v) is 4.29. The molecule has 0 amide bonds. The van der Waals surface area contributed by atoms with Crippen molar-refractivity contribution in [3.8, 4) is 0 Å². The molecule has 0 bridgehead atoms. The first-order valence-corrected chi connectivity index (χ1v) is 14.5. The lowest BCUT2D eigenvalue weighted by molar-refractivity contribution is -0.149. The first-order valence-electron chi connectivity index (χ1n) is 14.5. The summed E-state index contributed by atoms with van der Waals surface area (Å²) in [6.45, 7) is 8.10. The predicted molar refractivity (Wildman–Crippen MR) is 151 cm³/mol. The van der Waals surface area contributed by atoms with Crippen LogP contribution in [0.5, 0.6) is 0 Å². The monoisotopic (exact) mass is 546 g/mol. The van der Waals surface area contributed by atoms with Gasteiger partial charge in [-0.25, -0.2) is 4.79 Å². The molecule has 0 saturated heterocycles. The van der Waals surface area contributed by atoms with Gasteiger partial charge in [-0.2, -0.15) is 0 Å². The molecule has 8 nitrogen and oxygen atoms in total. The minimum atomic E-state index is -1.23. The number of allylic oxidation sites excluding steroid dienone is 1. The molecule has 0 radical (unpaired) electrons. The number of aliphatic hydroxyl groups excluding tert-OH is 5. The highest BCUT2D eigenvalue weighted by Crippen LogP contribution is 2.23. The second-order valence-corrected chi connectivity index (χ2v) is 12.2. The fourth-order valence-electron chi connectivity index (χ4n) is 4.29. The lowest BCUT2D eigenvalue weighted by atomic mass is 9.90. The van der Waals surface area contributed by atoms with Gasteiger partial charge in [0.05, 0.1) is 57.1 Å². The van der Waals surface area contributed by atoms with Gasteiger partial charge in [-0.1, -0.05) is 78.2 Å². The third-order valence-electron chi connectivity index (χ3n) is 7.52. The first kappa shape index (κ1) is 37.0. The van der Waals surface area contributed by atoms with Gasteiger partial charge < -0.3 is 35.0 Å². The number of carbonyl (C=O) groups excluding carboxylic acids is 1. The average Bonchev–Trinajstić information content (AvgIpc) is 2.88. The zero-order valence-electron chi connectivity index (χ0n) is 24.8. The number of carbonyl (C=O) groups is 1. The van der Waals surface area contributed by atoms with Crippen molar-refractivity contribution >= 4 is 5.97 Å². The Morgan fingerprint density at radius 2 is 1.13 bits per heavy atom. The van der Waals surface area contributed by atoms with E-state index >= 15 is 0 Å². The minimum absolute atomic E-state index is 0.174. The van der Waals surface area contributed by atoms with Crippen molar-refractivity contribution in [1.82, 2.24) is 0 Å². The zero-order valence-corrected chi connectivity index (χ0v) is 24.8. The highest BCUT2D eigenvalue weighted by molar-refractivity contribution is 5.82. The molecule has 2 unspecified atom stereocenters. The van der Waals surface area contributed by atoms with Gasteiger partial charge in [-0.15, -0.1) is 0 Å². The number of esters is 1. The Morgan fingerprint density at radius 3 is 1.61 bits per heavy atom. The molecule has 0 rings (SSSR count). The lowest BCUT2D eigenvalue weighted by Crippen LogP contribution is -2.44. The summed E-state index contributed by atoms with van der Waals surface area (Å²) in [6, 6.07) is 0. The van der Waals surface area contributed by atoms with Crippen LogP contribution >= 0.6 is 0 Å². The Morgan fingerprint density at radius 1 is 0.684 bits per heavy atom. The molecule has 0 aromatic rings. The third kappa shape index (κ3) is 16.2. The van der Waals surface area contributed by atoms with Crippen LogP contribution in [0.2, 0.25) is 0 Å². The SMILES string of the molecule is C/C(=C\C(=O)OCC(CO)(CO)COCC(CO)(CO)CO)CCCC(C)CCCC(C)CCCC(C)C. The Labute approximate surface area is 231 Å². The standard InChI is InChI=1S/C30H58O8/c1-24(2)9-6-10-25(3)11-7-12-26(4)13-8-14-27(5)15-28(36)38-23-30(19-34,20-35)22-37-21-29(16-31,17-32)18-33/h15,24-26,31-35H,6-14,16-23H2,1-5H3/b27-15+. The first-order chi connectivity index (χ1) is 18.0. The molecular formula is C30H58O8. The molecule has 38 heavy (non-hydrogen) atoms. The molecule has 2 atom stereocenters. The van der Waals surface area contributed by atoms with Gasteiger partial charge in [0.25, 0.3) is 0 Å². The maximum absolute atomic E-state index is 12.3. The van der Waals surface area contributed by atoms with Crippen LogP contribution in [0.3, 0.4) is 0 Å². The lowest BCUT2D eigenvalue weighted by Gasteiger charge is -2.32. The van der Waals surface area contributed by atoms with Crippen LogP contribution in [0.1, 0.15) is 92.4 Å². The zero-order chi connectivity index (χ0) is 29.0. The van der Waals surface area contributed by atoms with Crippen LogP contribution in [0, 0.1) is 28.6 Å². The van der Waals surface area contributed by atoms with Crippen LogP contribution in [-0.2, 0) is 14.3 Å². The molecule has 0 aromatic carbocycles. The van der Waals surface area contributed by atoms with Crippen LogP contribution < -0.4 is 0 Å².